The lowest BCUT2D eigenvalue weighted by molar-refractivity contribution is 0.102. The number of rotatable bonds is 4. The molecule has 1 amide bonds. The Kier molecular flexibility index (Phi) is 3.94. The van der Waals surface area contributed by atoms with Gasteiger partial charge in [0.2, 0.25) is 0 Å². The van der Waals surface area contributed by atoms with Gasteiger partial charge in [0.15, 0.2) is 0 Å². The van der Waals surface area contributed by atoms with Crippen LogP contribution in [0.4, 0.5) is 10.5 Å². The van der Waals surface area contributed by atoms with Gasteiger partial charge < -0.3 is 4.74 Å². The number of anilines is 1. The minimum absolute atomic E-state index is 0.0143. The lowest BCUT2D eigenvalue weighted by Gasteiger charge is -2.26. The lowest BCUT2D eigenvalue weighted by Crippen LogP contribution is -2.27. The Bertz CT molecular complexity index is 579. The molecule has 1 heterocycles. The van der Waals surface area contributed by atoms with Gasteiger partial charge in [0.05, 0.1) is 6.54 Å². The summed E-state index contributed by atoms with van der Waals surface area (Å²) in [6.45, 7) is 11.9. The van der Waals surface area contributed by atoms with Crippen LogP contribution < -0.4 is 4.90 Å². The maximum atomic E-state index is 12.2. The molecule has 3 nitrogen and oxygen atoms in total. The molecule has 0 bridgehead atoms. The molecule has 2 aliphatic rings. The van der Waals surface area contributed by atoms with Gasteiger partial charge in [-0.2, -0.15) is 0 Å². The standard InChI is InChI=1S/C20H29NO2/c1-19(2,3)14-8-10-16(11-9-14)21-13-17(23-18(21)22)12-20(4,5)15-6-7-15/h8-11,15,17H,6-7,12-13H2,1-5H3. The summed E-state index contributed by atoms with van der Waals surface area (Å²) in [5.41, 5.74) is 2.62. The summed E-state index contributed by atoms with van der Waals surface area (Å²) in [5, 5.41) is 0. The van der Waals surface area contributed by atoms with Crippen LogP contribution in [0.5, 0.6) is 0 Å². The molecular weight excluding hydrogens is 286 g/mol. The molecule has 1 atom stereocenters. The predicted octanol–water partition coefficient (Wildman–Crippen LogP) is 5.14. The minimum atomic E-state index is -0.204. The first kappa shape index (κ1) is 16.4. The van der Waals surface area contributed by atoms with Crippen LogP contribution >= 0.6 is 0 Å². The van der Waals surface area contributed by atoms with Crippen molar-refractivity contribution in [2.24, 2.45) is 11.3 Å². The fourth-order valence-corrected chi connectivity index (χ4v) is 3.60. The highest BCUT2D eigenvalue weighted by Crippen LogP contribution is 2.48. The molecule has 23 heavy (non-hydrogen) atoms. The van der Waals surface area contributed by atoms with E-state index in [1.165, 1.54) is 18.4 Å². The van der Waals surface area contributed by atoms with E-state index in [1.54, 1.807) is 4.90 Å². The van der Waals surface area contributed by atoms with Crippen LogP contribution in [-0.4, -0.2) is 18.7 Å². The van der Waals surface area contributed by atoms with E-state index in [2.05, 4.69) is 46.8 Å². The summed E-state index contributed by atoms with van der Waals surface area (Å²) in [7, 11) is 0. The normalized spacial score (nSPS) is 22.4. The molecule has 2 fully saturated rings. The third kappa shape index (κ3) is 3.54. The van der Waals surface area contributed by atoms with Gasteiger partial charge in [0, 0.05) is 5.69 Å². The van der Waals surface area contributed by atoms with E-state index in [-0.39, 0.29) is 23.0 Å². The molecule has 1 aromatic carbocycles. The van der Waals surface area contributed by atoms with Crippen molar-refractivity contribution in [3.05, 3.63) is 29.8 Å². The zero-order chi connectivity index (χ0) is 16.8. The van der Waals surface area contributed by atoms with Crippen LogP contribution in [0.1, 0.15) is 59.4 Å². The Hall–Kier alpha value is -1.51. The summed E-state index contributed by atoms with van der Waals surface area (Å²) in [6.07, 6.45) is 3.42. The average Bonchev–Trinajstić information content (AvgIpc) is 3.24. The summed E-state index contributed by atoms with van der Waals surface area (Å²) >= 11 is 0. The molecular formula is C20H29NO2. The third-order valence-corrected chi connectivity index (χ3v) is 5.36. The second kappa shape index (κ2) is 5.54. The quantitative estimate of drug-likeness (QED) is 0.770. The molecule has 0 aromatic heterocycles. The van der Waals surface area contributed by atoms with Crippen LogP contribution in [0.2, 0.25) is 0 Å². The van der Waals surface area contributed by atoms with Crippen molar-refractivity contribution in [2.45, 2.75) is 65.4 Å². The third-order valence-electron chi connectivity index (χ3n) is 5.36. The molecule has 0 N–H and O–H groups in total. The van der Waals surface area contributed by atoms with E-state index in [0.717, 1.165) is 18.0 Å². The van der Waals surface area contributed by atoms with Gasteiger partial charge in [-0.3, -0.25) is 4.90 Å². The molecule has 126 valence electrons. The molecule has 0 radical (unpaired) electrons. The number of amides is 1. The predicted molar refractivity (Wildman–Crippen MR) is 93.9 cm³/mol. The van der Waals surface area contributed by atoms with Crippen molar-refractivity contribution in [1.29, 1.82) is 0 Å². The van der Waals surface area contributed by atoms with Gasteiger partial charge >= 0.3 is 6.09 Å². The van der Waals surface area contributed by atoms with E-state index in [4.69, 9.17) is 4.74 Å². The van der Waals surface area contributed by atoms with E-state index in [1.807, 2.05) is 12.1 Å². The van der Waals surface area contributed by atoms with Crippen molar-refractivity contribution in [1.82, 2.24) is 0 Å². The first-order chi connectivity index (χ1) is 10.7. The Balaban J connectivity index is 1.68. The number of carbonyl (C=O) groups excluding carboxylic acids is 1. The van der Waals surface area contributed by atoms with Crippen LogP contribution in [0, 0.1) is 11.3 Å². The Morgan fingerprint density at radius 3 is 2.22 bits per heavy atom. The Morgan fingerprint density at radius 2 is 1.70 bits per heavy atom. The van der Waals surface area contributed by atoms with E-state index < -0.39 is 0 Å². The number of benzene rings is 1. The van der Waals surface area contributed by atoms with Crippen LogP contribution in [0.3, 0.4) is 0 Å². The van der Waals surface area contributed by atoms with Crippen molar-refractivity contribution in [3.63, 3.8) is 0 Å². The number of hydrogen-bond donors (Lipinski definition) is 0. The average molecular weight is 315 g/mol. The lowest BCUT2D eigenvalue weighted by atomic mass is 9.81. The van der Waals surface area contributed by atoms with Crippen LogP contribution in [0.15, 0.2) is 24.3 Å². The Morgan fingerprint density at radius 1 is 1.09 bits per heavy atom. The maximum Gasteiger partial charge on any atom is 0.414 e. The van der Waals surface area contributed by atoms with Crippen molar-refractivity contribution < 1.29 is 9.53 Å². The van der Waals surface area contributed by atoms with Gasteiger partial charge in [-0.05, 0) is 53.7 Å². The van der Waals surface area contributed by atoms with Gasteiger partial charge in [0.1, 0.15) is 6.10 Å². The summed E-state index contributed by atoms with van der Waals surface area (Å²) < 4.78 is 5.63. The molecule has 1 saturated heterocycles. The monoisotopic (exact) mass is 315 g/mol. The molecule has 3 rings (SSSR count). The van der Waals surface area contributed by atoms with E-state index in [0.29, 0.717) is 6.54 Å². The molecule has 1 unspecified atom stereocenters. The first-order valence-corrected chi connectivity index (χ1v) is 8.75. The van der Waals surface area contributed by atoms with Crippen LogP contribution in [0.25, 0.3) is 0 Å². The Labute approximate surface area is 140 Å². The van der Waals surface area contributed by atoms with Crippen molar-refractivity contribution in [3.8, 4) is 0 Å². The number of hydrogen-bond acceptors (Lipinski definition) is 2. The number of nitrogens with zero attached hydrogens (tertiary/aromatic N) is 1. The molecule has 0 spiro atoms. The molecule has 3 heteroatoms. The number of ether oxygens (including phenoxy) is 1. The van der Waals surface area contributed by atoms with Crippen LogP contribution in [-0.2, 0) is 10.2 Å². The maximum absolute atomic E-state index is 12.2. The highest BCUT2D eigenvalue weighted by atomic mass is 16.6. The van der Waals surface area contributed by atoms with Gasteiger partial charge in [-0.25, -0.2) is 4.79 Å². The molecule has 1 aromatic rings. The summed E-state index contributed by atoms with van der Waals surface area (Å²) in [6, 6.07) is 8.31. The topological polar surface area (TPSA) is 29.5 Å². The summed E-state index contributed by atoms with van der Waals surface area (Å²) in [5.74, 6) is 0.807. The fourth-order valence-electron chi connectivity index (χ4n) is 3.60. The summed E-state index contributed by atoms with van der Waals surface area (Å²) in [4.78, 5) is 14.0. The molecule has 1 saturated carbocycles. The van der Waals surface area contributed by atoms with Gasteiger partial charge in [0.25, 0.3) is 0 Å². The van der Waals surface area contributed by atoms with Gasteiger partial charge in [-0.15, -0.1) is 0 Å². The second-order valence-corrected chi connectivity index (χ2v) is 8.88. The molecule has 1 aliphatic carbocycles. The highest BCUT2D eigenvalue weighted by molar-refractivity contribution is 5.89. The molecule has 1 aliphatic heterocycles. The minimum Gasteiger partial charge on any atom is -0.444 e. The number of cyclic esters (lactones) is 1. The first-order valence-electron chi connectivity index (χ1n) is 8.75. The van der Waals surface area contributed by atoms with Gasteiger partial charge in [-0.1, -0.05) is 46.8 Å². The largest absolute Gasteiger partial charge is 0.444 e. The number of carbonyl (C=O) groups is 1. The zero-order valence-corrected chi connectivity index (χ0v) is 15.1. The van der Waals surface area contributed by atoms with Crippen molar-refractivity contribution in [2.75, 3.05) is 11.4 Å². The van der Waals surface area contributed by atoms with Crippen molar-refractivity contribution >= 4 is 11.8 Å². The highest BCUT2D eigenvalue weighted by Gasteiger charge is 2.42. The zero-order valence-electron chi connectivity index (χ0n) is 15.1. The fraction of sp³-hybridized carbons (Fsp3) is 0.650. The smallest absolute Gasteiger partial charge is 0.414 e. The van der Waals surface area contributed by atoms with E-state index >= 15 is 0 Å². The SMILES string of the molecule is CC(C)(C)c1ccc(N2CC(CC(C)(C)C3CC3)OC2=O)cc1. The second-order valence-electron chi connectivity index (χ2n) is 8.88. The van der Waals surface area contributed by atoms with E-state index in [9.17, 15) is 4.79 Å².